The zero-order valence-electron chi connectivity index (χ0n) is 14.4. The predicted octanol–water partition coefficient (Wildman–Crippen LogP) is 1.85. The Labute approximate surface area is 139 Å². The first-order chi connectivity index (χ1) is 11.1. The molecule has 0 unspecified atom stereocenters. The van der Waals surface area contributed by atoms with Gasteiger partial charge < -0.3 is 14.8 Å². The molecule has 5 heteroatoms. The summed E-state index contributed by atoms with van der Waals surface area (Å²) < 4.78 is 11.0. The number of para-hydroxylation sites is 1. The van der Waals surface area contributed by atoms with Gasteiger partial charge >= 0.3 is 0 Å². The first-order valence-electron chi connectivity index (χ1n) is 8.34. The normalized spacial score (nSPS) is 18.9. The molecule has 1 N–H and O–H groups in total. The summed E-state index contributed by atoms with van der Waals surface area (Å²) in [6.07, 6.45) is 1.19. The van der Waals surface area contributed by atoms with Crippen LogP contribution in [-0.2, 0) is 16.0 Å². The number of methoxy groups -OCH3 is 1. The van der Waals surface area contributed by atoms with Crippen LogP contribution in [0.15, 0.2) is 24.3 Å². The molecular weight excluding hydrogens is 292 g/mol. The lowest BCUT2D eigenvalue weighted by Gasteiger charge is -2.35. The number of ether oxygens (including phenoxy) is 2. The van der Waals surface area contributed by atoms with Crippen LogP contribution < -0.4 is 10.1 Å². The zero-order valence-corrected chi connectivity index (χ0v) is 14.4. The second kappa shape index (κ2) is 8.89. The van der Waals surface area contributed by atoms with E-state index >= 15 is 0 Å². The molecule has 0 bridgehead atoms. The standard InChI is InChI=1S/C18H28N2O3/c1-14(2)20-10-11-23-16(13-20)12-18(21)19-9-8-15-6-4-5-7-17(15)22-3/h4-7,14,16H,8-13H2,1-3H3,(H,19,21)/t16-/m0/s1. The number of nitrogens with zero attached hydrogens (tertiary/aromatic N) is 1. The van der Waals surface area contributed by atoms with E-state index in [1.807, 2.05) is 24.3 Å². The quantitative estimate of drug-likeness (QED) is 0.833. The molecule has 1 aromatic carbocycles. The van der Waals surface area contributed by atoms with E-state index in [4.69, 9.17) is 9.47 Å². The maximum absolute atomic E-state index is 12.1. The van der Waals surface area contributed by atoms with Gasteiger partial charge in [-0.3, -0.25) is 9.69 Å². The topological polar surface area (TPSA) is 50.8 Å². The van der Waals surface area contributed by atoms with Gasteiger partial charge in [-0.25, -0.2) is 0 Å². The van der Waals surface area contributed by atoms with Gasteiger partial charge in [0, 0.05) is 25.7 Å². The van der Waals surface area contributed by atoms with Crippen molar-refractivity contribution >= 4 is 5.91 Å². The van der Waals surface area contributed by atoms with Crippen LogP contribution in [0.4, 0.5) is 0 Å². The fourth-order valence-corrected chi connectivity index (χ4v) is 2.86. The third-order valence-electron chi connectivity index (χ3n) is 4.22. The van der Waals surface area contributed by atoms with E-state index in [1.54, 1.807) is 7.11 Å². The highest BCUT2D eigenvalue weighted by Crippen LogP contribution is 2.17. The van der Waals surface area contributed by atoms with Gasteiger partial charge in [-0.05, 0) is 31.9 Å². The van der Waals surface area contributed by atoms with E-state index in [0.29, 0.717) is 25.6 Å². The van der Waals surface area contributed by atoms with Crippen molar-refractivity contribution in [1.82, 2.24) is 10.2 Å². The summed E-state index contributed by atoms with van der Waals surface area (Å²) in [5.41, 5.74) is 1.11. The van der Waals surface area contributed by atoms with Crippen LogP contribution in [0.5, 0.6) is 5.75 Å². The molecule has 1 amide bonds. The Morgan fingerprint density at radius 2 is 2.22 bits per heavy atom. The van der Waals surface area contributed by atoms with Crippen molar-refractivity contribution in [2.45, 2.75) is 38.8 Å². The molecular formula is C18H28N2O3. The molecule has 0 saturated carbocycles. The fourth-order valence-electron chi connectivity index (χ4n) is 2.86. The molecule has 2 rings (SSSR count). The molecule has 1 aliphatic rings. The number of hydrogen-bond donors (Lipinski definition) is 1. The first kappa shape index (κ1) is 17.8. The monoisotopic (exact) mass is 320 g/mol. The first-order valence-corrected chi connectivity index (χ1v) is 8.34. The molecule has 1 atom stereocenters. The summed E-state index contributed by atoms with van der Waals surface area (Å²) in [6, 6.07) is 8.39. The third kappa shape index (κ3) is 5.52. The molecule has 1 aromatic rings. The highest BCUT2D eigenvalue weighted by molar-refractivity contribution is 5.76. The number of amides is 1. The molecule has 5 nitrogen and oxygen atoms in total. The minimum atomic E-state index is -0.00240. The maximum atomic E-state index is 12.1. The highest BCUT2D eigenvalue weighted by atomic mass is 16.5. The Bertz CT molecular complexity index is 505. The minimum absolute atomic E-state index is 0.00240. The second-order valence-corrected chi connectivity index (χ2v) is 6.20. The summed E-state index contributed by atoms with van der Waals surface area (Å²) in [5, 5.41) is 2.98. The van der Waals surface area contributed by atoms with E-state index in [2.05, 4.69) is 24.1 Å². The van der Waals surface area contributed by atoms with Gasteiger partial charge in [-0.2, -0.15) is 0 Å². The molecule has 1 aliphatic heterocycles. The number of nitrogens with one attached hydrogen (secondary N) is 1. The summed E-state index contributed by atoms with van der Waals surface area (Å²) in [6.45, 7) is 7.45. The van der Waals surface area contributed by atoms with E-state index in [1.165, 1.54) is 0 Å². The lowest BCUT2D eigenvalue weighted by Crippen LogP contribution is -2.47. The van der Waals surface area contributed by atoms with Gasteiger partial charge in [0.25, 0.3) is 0 Å². The van der Waals surface area contributed by atoms with Gasteiger partial charge in [0.15, 0.2) is 0 Å². The Morgan fingerprint density at radius 3 is 2.96 bits per heavy atom. The Balaban J connectivity index is 1.73. The summed E-state index contributed by atoms with van der Waals surface area (Å²) in [7, 11) is 1.66. The van der Waals surface area contributed by atoms with E-state index < -0.39 is 0 Å². The van der Waals surface area contributed by atoms with Crippen LogP contribution in [0.25, 0.3) is 0 Å². The van der Waals surface area contributed by atoms with Crippen molar-refractivity contribution in [1.29, 1.82) is 0 Å². The van der Waals surface area contributed by atoms with Crippen molar-refractivity contribution in [2.75, 3.05) is 33.4 Å². The van der Waals surface area contributed by atoms with Crippen LogP contribution in [0.2, 0.25) is 0 Å². The fraction of sp³-hybridized carbons (Fsp3) is 0.611. The molecule has 128 valence electrons. The van der Waals surface area contributed by atoms with Crippen molar-refractivity contribution in [2.24, 2.45) is 0 Å². The SMILES string of the molecule is COc1ccccc1CCNC(=O)C[C@H]1CN(C(C)C)CCO1. The number of rotatable bonds is 7. The van der Waals surface area contributed by atoms with Crippen molar-refractivity contribution < 1.29 is 14.3 Å². The van der Waals surface area contributed by atoms with Crippen LogP contribution >= 0.6 is 0 Å². The molecule has 0 radical (unpaired) electrons. The smallest absolute Gasteiger partial charge is 0.222 e. The van der Waals surface area contributed by atoms with Crippen LogP contribution in [-0.4, -0.2) is 56.3 Å². The average molecular weight is 320 g/mol. The molecule has 1 fully saturated rings. The van der Waals surface area contributed by atoms with E-state index in [-0.39, 0.29) is 12.0 Å². The van der Waals surface area contributed by atoms with Gasteiger partial charge in [0.1, 0.15) is 5.75 Å². The summed E-state index contributed by atoms with van der Waals surface area (Å²) >= 11 is 0. The molecule has 23 heavy (non-hydrogen) atoms. The van der Waals surface area contributed by atoms with Gasteiger partial charge in [-0.15, -0.1) is 0 Å². The molecule has 1 saturated heterocycles. The molecule has 1 heterocycles. The Morgan fingerprint density at radius 1 is 1.43 bits per heavy atom. The van der Waals surface area contributed by atoms with Gasteiger partial charge in [0.2, 0.25) is 5.91 Å². The van der Waals surface area contributed by atoms with Crippen LogP contribution in [0.3, 0.4) is 0 Å². The number of carbonyl (C=O) groups excluding carboxylic acids is 1. The lowest BCUT2D eigenvalue weighted by molar-refractivity contribution is -0.126. The third-order valence-corrected chi connectivity index (χ3v) is 4.22. The van der Waals surface area contributed by atoms with Crippen molar-refractivity contribution in [3.05, 3.63) is 29.8 Å². The van der Waals surface area contributed by atoms with Crippen LogP contribution in [0, 0.1) is 0 Å². The van der Waals surface area contributed by atoms with Gasteiger partial charge in [0.05, 0.1) is 26.2 Å². The Hall–Kier alpha value is -1.59. The summed E-state index contributed by atoms with van der Waals surface area (Å²) in [4.78, 5) is 14.4. The zero-order chi connectivity index (χ0) is 16.7. The Kier molecular flexibility index (Phi) is 6.86. The second-order valence-electron chi connectivity index (χ2n) is 6.20. The predicted molar refractivity (Wildman–Crippen MR) is 90.8 cm³/mol. The molecule has 0 spiro atoms. The number of benzene rings is 1. The minimum Gasteiger partial charge on any atom is -0.496 e. The average Bonchev–Trinajstić information content (AvgIpc) is 2.55. The lowest BCUT2D eigenvalue weighted by atomic mass is 10.1. The number of carbonyl (C=O) groups is 1. The summed E-state index contributed by atoms with van der Waals surface area (Å²) in [5.74, 6) is 0.917. The van der Waals surface area contributed by atoms with Crippen molar-refractivity contribution in [3.8, 4) is 5.75 Å². The van der Waals surface area contributed by atoms with E-state index in [9.17, 15) is 4.79 Å². The van der Waals surface area contributed by atoms with Crippen molar-refractivity contribution in [3.63, 3.8) is 0 Å². The maximum Gasteiger partial charge on any atom is 0.222 e. The van der Waals surface area contributed by atoms with Crippen LogP contribution in [0.1, 0.15) is 25.8 Å². The van der Waals surface area contributed by atoms with E-state index in [0.717, 1.165) is 30.8 Å². The highest BCUT2D eigenvalue weighted by Gasteiger charge is 2.24. The number of morpholine rings is 1. The molecule has 0 aliphatic carbocycles. The molecule has 0 aromatic heterocycles. The van der Waals surface area contributed by atoms with Gasteiger partial charge in [-0.1, -0.05) is 18.2 Å². The number of hydrogen-bond acceptors (Lipinski definition) is 4. The largest absolute Gasteiger partial charge is 0.496 e.